The summed E-state index contributed by atoms with van der Waals surface area (Å²) in [6, 6.07) is -0.819. The number of amides is 2. The van der Waals surface area contributed by atoms with Crippen LogP contribution in [0.15, 0.2) is 12.1 Å². The normalized spacial score (nSPS) is 11.8. The van der Waals surface area contributed by atoms with E-state index in [9.17, 15) is 27.6 Å². The maximum Gasteiger partial charge on any atom is 0.303 e. The molecular weight excluding hydrogens is 293 g/mol. The van der Waals surface area contributed by atoms with E-state index in [4.69, 9.17) is 10.8 Å². The van der Waals surface area contributed by atoms with Crippen LogP contribution in [-0.4, -0.2) is 28.9 Å². The number of nitrogens with one attached hydrogen (secondary N) is 1. The van der Waals surface area contributed by atoms with Crippen LogP contribution >= 0.6 is 0 Å². The van der Waals surface area contributed by atoms with Gasteiger partial charge < -0.3 is 16.2 Å². The minimum absolute atomic E-state index is 0.300. The summed E-state index contributed by atoms with van der Waals surface area (Å²) < 4.78 is 39.5. The summed E-state index contributed by atoms with van der Waals surface area (Å²) in [5.41, 5.74) is 3.87. The Morgan fingerprint density at radius 3 is 2.14 bits per heavy atom. The lowest BCUT2D eigenvalue weighted by Crippen LogP contribution is -2.45. The van der Waals surface area contributed by atoms with Gasteiger partial charge in [-0.3, -0.25) is 14.4 Å². The van der Waals surface area contributed by atoms with Gasteiger partial charge in [0.1, 0.15) is 29.1 Å². The first-order valence-corrected chi connectivity index (χ1v) is 5.69. The van der Waals surface area contributed by atoms with Crippen LogP contribution in [0.3, 0.4) is 0 Å². The van der Waals surface area contributed by atoms with Crippen LogP contribution in [0.4, 0.5) is 13.2 Å². The van der Waals surface area contributed by atoms with E-state index in [0.717, 1.165) is 0 Å². The van der Waals surface area contributed by atoms with Crippen molar-refractivity contribution in [2.75, 3.05) is 0 Å². The number of carbonyl (C=O) groups is 3. The molecule has 1 rings (SSSR count). The summed E-state index contributed by atoms with van der Waals surface area (Å²) >= 11 is 0. The van der Waals surface area contributed by atoms with Crippen molar-refractivity contribution in [2.45, 2.75) is 18.9 Å². The average Bonchev–Trinajstić information content (AvgIpc) is 2.32. The van der Waals surface area contributed by atoms with Crippen LogP contribution in [0.25, 0.3) is 0 Å². The van der Waals surface area contributed by atoms with E-state index in [0.29, 0.717) is 12.1 Å². The van der Waals surface area contributed by atoms with Gasteiger partial charge in [-0.25, -0.2) is 13.2 Å². The second-order valence-corrected chi connectivity index (χ2v) is 4.11. The van der Waals surface area contributed by atoms with E-state index >= 15 is 0 Å². The molecule has 0 fully saturated rings. The van der Waals surface area contributed by atoms with Crippen LogP contribution in [0.1, 0.15) is 23.2 Å². The molecule has 0 aromatic heterocycles. The SMILES string of the molecule is NC(=O)[C@@H](CCC(=O)O)NC(=O)c1c(F)cc(F)cc1F. The molecule has 9 heteroatoms. The predicted octanol–water partition coefficient (Wildman–Crippen LogP) is 0.552. The van der Waals surface area contributed by atoms with Crippen molar-refractivity contribution in [3.63, 3.8) is 0 Å². The summed E-state index contributed by atoms with van der Waals surface area (Å²) in [6.45, 7) is 0. The number of rotatable bonds is 6. The molecule has 114 valence electrons. The van der Waals surface area contributed by atoms with Crippen molar-refractivity contribution in [3.8, 4) is 0 Å². The molecule has 0 spiro atoms. The van der Waals surface area contributed by atoms with Crippen LogP contribution in [-0.2, 0) is 9.59 Å². The van der Waals surface area contributed by atoms with E-state index in [-0.39, 0.29) is 6.42 Å². The lowest BCUT2D eigenvalue weighted by Gasteiger charge is -2.15. The molecule has 4 N–H and O–H groups in total. The molecule has 0 saturated heterocycles. The van der Waals surface area contributed by atoms with Crippen molar-refractivity contribution in [1.82, 2.24) is 5.32 Å². The van der Waals surface area contributed by atoms with Crippen LogP contribution in [0.2, 0.25) is 0 Å². The molecule has 6 nitrogen and oxygen atoms in total. The smallest absolute Gasteiger partial charge is 0.303 e. The molecule has 0 aliphatic rings. The molecule has 1 aromatic rings. The molecule has 21 heavy (non-hydrogen) atoms. The lowest BCUT2D eigenvalue weighted by atomic mass is 10.1. The van der Waals surface area contributed by atoms with Gasteiger partial charge in [0.2, 0.25) is 5.91 Å². The molecule has 0 bridgehead atoms. The Morgan fingerprint density at radius 2 is 1.71 bits per heavy atom. The quantitative estimate of drug-likeness (QED) is 0.713. The second kappa shape index (κ2) is 6.73. The number of carboxylic acids is 1. The van der Waals surface area contributed by atoms with Crippen LogP contribution < -0.4 is 11.1 Å². The highest BCUT2D eigenvalue weighted by molar-refractivity contribution is 5.97. The highest BCUT2D eigenvalue weighted by atomic mass is 19.1. The van der Waals surface area contributed by atoms with Crippen molar-refractivity contribution in [1.29, 1.82) is 0 Å². The summed E-state index contributed by atoms with van der Waals surface area (Å²) in [7, 11) is 0. The molecule has 1 atom stereocenters. The Bertz CT molecular complexity index is 569. The Morgan fingerprint density at radius 1 is 1.19 bits per heavy atom. The Kier molecular flexibility index (Phi) is 5.28. The molecule has 0 heterocycles. The summed E-state index contributed by atoms with van der Waals surface area (Å²) in [6.07, 6.45) is -0.830. The Balaban J connectivity index is 2.92. The number of aliphatic carboxylic acids is 1. The van der Waals surface area contributed by atoms with Crippen molar-refractivity contribution < 1.29 is 32.7 Å². The third-order valence-electron chi connectivity index (χ3n) is 2.53. The van der Waals surface area contributed by atoms with E-state index in [1.54, 1.807) is 0 Å². The van der Waals surface area contributed by atoms with Gasteiger partial charge in [0.15, 0.2) is 0 Å². The number of hydrogen-bond acceptors (Lipinski definition) is 3. The molecule has 0 unspecified atom stereocenters. The predicted molar refractivity (Wildman–Crippen MR) is 63.6 cm³/mol. The minimum atomic E-state index is -1.45. The first-order chi connectivity index (χ1) is 9.72. The van der Waals surface area contributed by atoms with Crippen molar-refractivity contribution >= 4 is 17.8 Å². The first kappa shape index (κ1) is 16.5. The highest BCUT2D eigenvalue weighted by Crippen LogP contribution is 2.15. The standard InChI is InChI=1S/C12H11F3N2O4/c13-5-3-6(14)10(7(15)4-5)12(21)17-8(11(16)20)1-2-9(18)19/h3-4,8H,1-2H2,(H2,16,20)(H,17,21)(H,18,19)/t8-/m1/s1. The molecule has 2 amide bonds. The number of carboxylic acid groups (broad SMARTS) is 1. The Hall–Kier alpha value is -2.58. The van der Waals surface area contributed by atoms with Gasteiger partial charge in [0, 0.05) is 18.6 Å². The fourth-order valence-corrected chi connectivity index (χ4v) is 1.54. The van der Waals surface area contributed by atoms with Gasteiger partial charge in [-0.05, 0) is 6.42 Å². The third-order valence-corrected chi connectivity index (χ3v) is 2.53. The molecule has 0 radical (unpaired) electrons. The summed E-state index contributed by atoms with van der Waals surface area (Å²) in [5, 5.41) is 10.4. The zero-order chi connectivity index (χ0) is 16.2. The van der Waals surface area contributed by atoms with E-state index in [2.05, 4.69) is 0 Å². The van der Waals surface area contributed by atoms with E-state index in [1.807, 2.05) is 5.32 Å². The average molecular weight is 304 g/mol. The van der Waals surface area contributed by atoms with Crippen molar-refractivity contribution in [2.24, 2.45) is 5.73 Å². The van der Waals surface area contributed by atoms with E-state index in [1.165, 1.54) is 0 Å². The van der Waals surface area contributed by atoms with Gasteiger partial charge in [0.25, 0.3) is 5.91 Å². The summed E-state index contributed by atoms with van der Waals surface area (Å²) in [5.74, 6) is -7.75. The maximum absolute atomic E-state index is 13.4. The minimum Gasteiger partial charge on any atom is -0.481 e. The number of carbonyl (C=O) groups excluding carboxylic acids is 2. The molecule has 0 aliphatic carbocycles. The topological polar surface area (TPSA) is 109 Å². The highest BCUT2D eigenvalue weighted by Gasteiger charge is 2.24. The summed E-state index contributed by atoms with van der Waals surface area (Å²) in [4.78, 5) is 33.2. The number of benzene rings is 1. The van der Waals surface area contributed by atoms with Crippen LogP contribution in [0.5, 0.6) is 0 Å². The monoisotopic (exact) mass is 304 g/mol. The molecule has 0 saturated carbocycles. The van der Waals surface area contributed by atoms with Gasteiger partial charge in [-0.2, -0.15) is 0 Å². The zero-order valence-electron chi connectivity index (χ0n) is 10.5. The number of halogens is 3. The lowest BCUT2D eigenvalue weighted by molar-refractivity contribution is -0.137. The number of primary amides is 1. The maximum atomic E-state index is 13.4. The molecule has 1 aromatic carbocycles. The molecule has 0 aliphatic heterocycles. The van der Waals surface area contributed by atoms with E-state index < -0.39 is 53.3 Å². The largest absolute Gasteiger partial charge is 0.481 e. The zero-order valence-corrected chi connectivity index (χ0v) is 10.5. The Labute approximate surface area is 116 Å². The van der Waals surface area contributed by atoms with Gasteiger partial charge in [0.05, 0.1) is 0 Å². The fourth-order valence-electron chi connectivity index (χ4n) is 1.54. The van der Waals surface area contributed by atoms with Gasteiger partial charge in [-0.15, -0.1) is 0 Å². The number of nitrogens with two attached hydrogens (primary N) is 1. The second-order valence-electron chi connectivity index (χ2n) is 4.11. The van der Waals surface area contributed by atoms with Crippen molar-refractivity contribution in [3.05, 3.63) is 35.1 Å². The molecular formula is C12H11F3N2O4. The first-order valence-electron chi connectivity index (χ1n) is 5.69. The van der Waals surface area contributed by atoms with Crippen LogP contribution in [0, 0.1) is 17.5 Å². The fraction of sp³-hybridized carbons (Fsp3) is 0.250. The third kappa shape index (κ3) is 4.48. The van der Waals surface area contributed by atoms with Gasteiger partial charge >= 0.3 is 5.97 Å². The van der Waals surface area contributed by atoms with Gasteiger partial charge in [-0.1, -0.05) is 0 Å². The number of hydrogen-bond donors (Lipinski definition) is 3.